The van der Waals surface area contributed by atoms with E-state index in [1.807, 2.05) is 0 Å². The van der Waals surface area contributed by atoms with Gasteiger partial charge in [0.2, 0.25) is 0 Å². The molecule has 0 saturated heterocycles. The van der Waals surface area contributed by atoms with Gasteiger partial charge in [-0.25, -0.2) is 8.78 Å². The number of rotatable bonds is 5. The van der Waals surface area contributed by atoms with Crippen LogP contribution >= 0.6 is 0 Å². The van der Waals surface area contributed by atoms with Crippen molar-refractivity contribution in [3.63, 3.8) is 0 Å². The molecule has 98 valence electrons. The molecule has 1 N–H and O–H groups in total. The summed E-state index contributed by atoms with van der Waals surface area (Å²) in [5.41, 5.74) is 1.31. The molecule has 0 radical (unpaired) electrons. The molecule has 0 aromatic heterocycles. The van der Waals surface area contributed by atoms with Crippen LogP contribution in [0.3, 0.4) is 0 Å². The van der Waals surface area contributed by atoms with Crippen molar-refractivity contribution < 1.29 is 23.4 Å². The molecule has 0 unspecified atom stereocenters. The van der Waals surface area contributed by atoms with Gasteiger partial charge in [0.05, 0.1) is 19.3 Å². The number of hydrogen-bond acceptors (Lipinski definition) is 3. The van der Waals surface area contributed by atoms with E-state index >= 15 is 0 Å². The zero-order chi connectivity index (χ0) is 13.4. The number of aliphatic hydroxyl groups is 1. The molecule has 0 aliphatic heterocycles. The Bertz CT molecular complexity index is 436. The number of methoxy groups -OCH3 is 1. The number of ether oxygens (including phenoxy) is 2. The van der Waals surface area contributed by atoms with Crippen LogP contribution in [-0.2, 0) is 11.3 Å². The van der Waals surface area contributed by atoms with Crippen LogP contribution in [0.15, 0.2) is 18.2 Å². The Balaban J connectivity index is 2.76. The van der Waals surface area contributed by atoms with E-state index < -0.39 is 13.0 Å². The van der Waals surface area contributed by atoms with Crippen molar-refractivity contribution in [2.45, 2.75) is 13.0 Å². The summed E-state index contributed by atoms with van der Waals surface area (Å²) < 4.78 is 33.7. The maximum atomic E-state index is 11.9. The Morgan fingerprint density at radius 3 is 2.78 bits per heavy atom. The minimum absolute atomic E-state index is 0.0855. The SMILES string of the molecule is COc1ccc(COCC(F)F)cc1C#CCO. The van der Waals surface area contributed by atoms with Crippen LogP contribution in [0.25, 0.3) is 0 Å². The summed E-state index contributed by atoms with van der Waals surface area (Å²) in [6, 6.07) is 5.09. The van der Waals surface area contributed by atoms with E-state index in [-0.39, 0.29) is 13.2 Å². The summed E-state index contributed by atoms with van der Waals surface area (Å²) in [4.78, 5) is 0. The molecule has 3 nitrogen and oxygen atoms in total. The van der Waals surface area contributed by atoms with Crippen molar-refractivity contribution in [3.05, 3.63) is 29.3 Å². The molecule has 0 heterocycles. The third kappa shape index (κ3) is 4.70. The second-order valence-corrected chi connectivity index (χ2v) is 3.40. The first-order valence-electron chi connectivity index (χ1n) is 5.30. The summed E-state index contributed by atoms with van der Waals surface area (Å²) in [7, 11) is 1.51. The number of alkyl halides is 2. The van der Waals surface area contributed by atoms with Gasteiger partial charge < -0.3 is 14.6 Å². The van der Waals surface area contributed by atoms with Crippen LogP contribution in [0.4, 0.5) is 8.78 Å². The van der Waals surface area contributed by atoms with Gasteiger partial charge in [-0.2, -0.15) is 0 Å². The van der Waals surface area contributed by atoms with E-state index in [2.05, 4.69) is 11.8 Å². The second kappa shape index (κ2) is 7.64. The van der Waals surface area contributed by atoms with Gasteiger partial charge in [-0.15, -0.1) is 0 Å². The van der Waals surface area contributed by atoms with E-state index in [9.17, 15) is 8.78 Å². The molecule has 0 bridgehead atoms. The minimum Gasteiger partial charge on any atom is -0.495 e. The predicted octanol–water partition coefficient (Wildman–Crippen LogP) is 1.82. The molecule has 0 spiro atoms. The zero-order valence-corrected chi connectivity index (χ0v) is 9.95. The lowest BCUT2D eigenvalue weighted by Crippen LogP contribution is -2.04. The van der Waals surface area contributed by atoms with Crippen molar-refractivity contribution in [2.75, 3.05) is 20.3 Å². The highest BCUT2D eigenvalue weighted by Crippen LogP contribution is 2.19. The first-order chi connectivity index (χ1) is 8.67. The summed E-state index contributed by atoms with van der Waals surface area (Å²) in [6.07, 6.45) is -2.48. The van der Waals surface area contributed by atoms with E-state index in [4.69, 9.17) is 14.6 Å². The highest BCUT2D eigenvalue weighted by atomic mass is 19.3. The van der Waals surface area contributed by atoms with E-state index in [1.54, 1.807) is 18.2 Å². The highest BCUT2D eigenvalue weighted by Gasteiger charge is 2.05. The van der Waals surface area contributed by atoms with Crippen molar-refractivity contribution >= 4 is 0 Å². The molecule has 1 aromatic rings. The van der Waals surface area contributed by atoms with Gasteiger partial charge in [-0.1, -0.05) is 17.9 Å². The summed E-state index contributed by atoms with van der Waals surface area (Å²) in [5.74, 6) is 5.79. The normalized spacial score (nSPS) is 10.1. The molecular formula is C13H14F2O3. The molecule has 0 amide bonds. The van der Waals surface area contributed by atoms with Gasteiger partial charge in [0.25, 0.3) is 6.43 Å². The van der Waals surface area contributed by atoms with Crippen molar-refractivity contribution in [1.82, 2.24) is 0 Å². The van der Waals surface area contributed by atoms with Crippen LogP contribution in [0.5, 0.6) is 5.75 Å². The Kier molecular flexibility index (Phi) is 6.12. The van der Waals surface area contributed by atoms with Crippen LogP contribution in [-0.4, -0.2) is 31.9 Å². The van der Waals surface area contributed by atoms with Gasteiger partial charge in [-0.3, -0.25) is 0 Å². The lowest BCUT2D eigenvalue weighted by Gasteiger charge is -2.07. The number of hydrogen-bond donors (Lipinski definition) is 1. The van der Waals surface area contributed by atoms with Gasteiger partial charge in [0.15, 0.2) is 0 Å². The Morgan fingerprint density at radius 1 is 1.39 bits per heavy atom. The number of halogens is 2. The summed E-state index contributed by atoms with van der Waals surface area (Å²) in [5, 5.41) is 8.64. The Labute approximate surface area is 104 Å². The van der Waals surface area contributed by atoms with Gasteiger partial charge in [0.1, 0.15) is 19.0 Å². The quantitative estimate of drug-likeness (QED) is 0.817. The topological polar surface area (TPSA) is 38.7 Å². The molecule has 0 atom stereocenters. The fraction of sp³-hybridized carbons (Fsp3) is 0.385. The van der Waals surface area contributed by atoms with Crippen LogP contribution in [0.1, 0.15) is 11.1 Å². The maximum Gasteiger partial charge on any atom is 0.261 e. The van der Waals surface area contributed by atoms with E-state index in [0.717, 1.165) is 5.56 Å². The average molecular weight is 256 g/mol. The fourth-order valence-electron chi connectivity index (χ4n) is 1.34. The maximum absolute atomic E-state index is 11.9. The van der Waals surface area contributed by atoms with Gasteiger partial charge in [-0.05, 0) is 17.7 Å². The monoisotopic (exact) mass is 256 g/mol. The molecule has 18 heavy (non-hydrogen) atoms. The van der Waals surface area contributed by atoms with Crippen LogP contribution < -0.4 is 4.74 Å². The van der Waals surface area contributed by atoms with Crippen molar-refractivity contribution in [3.8, 4) is 17.6 Å². The van der Waals surface area contributed by atoms with E-state index in [1.165, 1.54) is 7.11 Å². The predicted molar refractivity (Wildman–Crippen MR) is 62.6 cm³/mol. The average Bonchev–Trinajstić information content (AvgIpc) is 2.36. The molecule has 1 aromatic carbocycles. The number of aliphatic hydroxyl groups excluding tert-OH is 1. The first-order valence-corrected chi connectivity index (χ1v) is 5.30. The third-order valence-electron chi connectivity index (χ3n) is 2.08. The molecule has 1 rings (SSSR count). The van der Waals surface area contributed by atoms with E-state index in [0.29, 0.717) is 11.3 Å². The Hall–Kier alpha value is -1.64. The van der Waals surface area contributed by atoms with Crippen molar-refractivity contribution in [2.24, 2.45) is 0 Å². The highest BCUT2D eigenvalue weighted by molar-refractivity contribution is 5.48. The molecule has 0 saturated carbocycles. The molecule has 5 heteroatoms. The first kappa shape index (κ1) is 14.4. The van der Waals surface area contributed by atoms with Crippen molar-refractivity contribution in [1.29, 1.82) is 0 Å². The second-order valence-electron chi connectivity index (χ2n) is 3.40. The fourth-order valence-corrected chi connectivity index (χ4v) is 1.34. The summed E-state index contributed by atoms with van der Waals surface area (Å²) >= 11 is 0. The van der Waals surface area contributed by atoms with Gasteiger partial charge in [0, 0.05) is 0 Å². The Morgan fingerprint density at radius 2 is 2.17 bits per heavy atom. The molecule has 0 fully saturated rings. The molecule has 0 aliphatic rings. The molecular weight excluding hydrogens is 242 g/mol. The lowest BCUT2D eigenvalue weighted by molar-refractivity contribution is 0.00986. The molecule has 0 aliphatic carbocycles. The largest absolute Gasteiger partial charge is 0.495 e. The summed E-state index contributed by atoms with van der Waals surface area (Å²) in [6.45, 7) is -0.763. The number of benzene rings is 1. The lowest BCUT2D eigenvalue weighted by atomic mass is 10.1. The van der Waals surface area contributed by atoms with Gasteiger partial charge >= 0.3 is 0 Å². The third-order valence-corrected chi connectivity index (χ3v) is 2.08. The standard InChI is InChI=1S/C13H14F2O3/c1-17-12-5-4-10(8-18-9-13(14)15)7-11(12)3-2-6-16/h4-5,7,13,16H,6,8-9H2,1H3. The minimum atomic E-state index is -2.48. The van der Waals surface area contributed by atoms with Crippen LogP contribution in [0, 0.1) is 11.8 Å². The smallest absolute Gasteiger partial charge is 0.261 e. The van der Waals surface area contributed by atoms with Crippen LogP contribution in [0.2, 0.25) is 0 Å². The zero-order valence-electron chi connectivity index (χ0n) is 9.95.